The Morgan fingerprint density at radius 2 is 2.05 bits per heavy atom. The first-order valence-electron chi connectivity index (χ1n) is 6.88. The van der Waals surface area contributed by atoms with E-state index in [1.54, 1.807) is 30.9 Å². The van der Waals surface area contributed by atoms with Gasteiger partial charge in [0.1, 0.15) is 0 Å². The van der Waals surface area contributed by atoms with Gasteiger partial charge in [0, 0.05) is 12.4 Å². The van der Waals surface area contributed by atoms with Crippen LogP contribution < -0.4 is 5.32 Å². The molecule has 0 saturated heterocycles. The van der Waals surface area contributed by atoms with Gasteiger partial charge in [0.2, 0.25) is 11.9 Å². The maximum Gasteiger partial charge on any atom is 0.250 e. The Morgan fingerprint density at radius 1 is 1.23 bits per heavy atom. The lowest BCUT2D eigenvalue weighted by Gasteiger charge is -2.03. The summed E-state index contributed by atoms with van der Waals surface area (Å²) in [5, 5.41) is 6.96. The first-order valence-corrected chi connectivity index (χ1v) is 6.88. The molecule has 1 N–H and O–H groups in total. The molecule has 22 heavy (non-hydrogen) atoms. The number of hydrogen-bond acceptors (Lipinski definition) is 4. The average Bonchev–Trinajstić information content (AvgIpc) is 2.96. The molecule has 0 aliphatic heterocycles. The molecule has 6 nitrogen and oxygen atoms in total. The van der Waals surface area contributed by atoms with Gasteiger partial charge in [0.15, 0.2) is 0 Å². The maximum atomic E-state index is 12.1. The highest BCUT2D eigenvalue weighted by molar-refractivity contribution is 5.92. The van der Waals surface area contributed by atoms with Gasteiger partial charge >= 0.3 is 0 Å². The summed E-state index contributed by atoms with van der Waals surface area (Å²) in [7, 11) is 0. The number of aryl methyl sites for hydroxylation is 1. The summed E-state index contributed by atoms with van der Waals surface area (Å²) in [6.07, 6.45) is 6.86. The Hall–Kier alpha value is -3.02. The molecule has 2 heterocycles. The molecule has 6 heteroatoms. The van der Waals surface area contributed by atoms with Crippen LogP contribution in [0.5, 0.6) is 0 Å². The van der Waals surface area contributed by atoms with Gasteiger partial charge in [-0.2, -0.15) is 5.10 Å². The number of nitrogens with zero attached hydrogens (tertiary/aromatic N) is 4. The van der Waals surface area contributed by atoms with Crippen molar-refractivity contribution in [1.82, 2.24) is 19.7 Å². The zero-order valence-electron chi connectivity index (χ0n) is 12.1. The zero-order valence-corrected chi connectivity index (χ0v) is 12.1. The van der Waals surface area contributed by atoms with Crippen LogP contribution in [0.4, 0.5) is 5.69 Å². The van der Waals surface area contributed by atoms with Gasteiger partial charge in [-0.15, -0.1) is 0 Å². The van der Waals surface area contributed by atoms with Crippen LogP contribution >= 0.6 is 0 Å². The van der Waals surface area contributed by atoms with E-state index in [1.807, 2.05) is 31.2 Å². The van der Waals surface area contributed by atoms with E-state index in [0.717, 1.165) is 11.1 Å². The highest BCUT2D eigenvalue weighted by Crippen LogP contribution is 2.10. The predicted octanol–water partition coefficient (Wildman–Crippen LogP) is 2.15. The number of carbonyl (C=O) groups is 1. The lowest BCUT2D eigenvalue weighted by Crippen LogP contribution is -2.14. The van der Waals surface area contributed by atoms with Crippen molar-refractivity contribution in [2.45, 2.75) is 13.3 Å². The normalized spacial score (nSPS) is 10.4. The molecular formula is C16H15N5O. The molecule has 0 bridgehead atoms. The van der Waals surface area contributed by atoms with Crippen molar-refractivity contribution in [2.75, 3.05) is 5.32 Å². The molecule has 3 aromatic rings. The van der Waals surface area contributed by atoms with Gasteiger partial charge in [-0.3, -0.25) is 4.79 Å². The quantitative estimate of drug-likeness (QED) is 0.800. The molecule has 2 aromatic heterocycles. The van der Waals surface area contributed by atoms with Crippen LogP contribution in [0.25, 0.3) is 5.95 Å². The van der Waals surface area contributed by atoms with Crippen molar-refractivity contribution in [3.05, 3.63) is 66.2 Å². The van der Waals surface area contributed by atoms with Crippen molar-refractivity contribution in [2.24, 2.45) is 0 Å². The van der Waals surface area contributed by atoms with Crippen molar-refractivity contribution < 1.29 is 4.79 Å². The molecule has 0 radical (unpaired) electrons. The second-order valence-electron chi connectivity index (χ2n) is 4.94. The van der Waals surface area contributed by atoms with Crippen molar-refractivity contribution >= 4 is 11.6 Å². The van der Waals surface area contributed by atoms with Crippen molar-refractivity contribution in [3.8, 4) is 5.95 Å². The number of carbonyl (C=O) groups excluding carboxylic acids is 1. The highest BCUT2D eigenvalue weighted by atomic mass is 16.1. The van der Waals surface area contributed by atoms with Crippen LogP contribution in [0.1, 0.15) is 11.1 Å². The summed E-state index contributed by atoms with van der Waals surface area (Å²) >= 11 is 0. The van der Waals surface area contributed by atoms with E-state index in [0.29, 0.717) is 18.1 Å². The molecule has 0 aliphatic carbocycles. The molecule has 1 amide bonds. The Balaban J connectivity index is 1.66. The predicted molar refractivity (Wildman–Crippen MR) is 82.7 cm³/mol. The second kappa shape index (κ2) is 6.17. The van der Waals surface area contributed by atoms with Crippen LogP contribution in [0, 0.1) is 6.92 Å². The first kappa shape index (κ1) is 13.9. The number of nitrogens with one attached hydrogen (secondary N) is 1. The molecule has 3 rings (SSSR count). The SMILES string of the molecule is Cc1cccc(CC(=O)Nc2cnn(-c3ncccn3)c2)c1. The van der Waals surface area contributed by atoms with Crippen LogP contribution in [-0.4, -0.2) is 25.7 Å². The number of anilines is 1. The third-order valence-electron chi connectivity index (χ3n) is 3.07. The fourth-order valence-electron chi connectivity index (χ4n) is 2.12. The summed E-state index contributed by atoms with van der Waals surface area (Å²) in [5.41, 5.74) is 2.74. The van der Waals surface area contributed by atoms with Crippen LogP contribution in [0.15, 0.2) is 55.1 Å². The number of rotatable bonds is 4. The van der Waals surface area contributed by atoms with Crippen LogP contribution in [0.3, 0.4) is 0 Å². The van der Waals surface area contributed by atoms with Gasteiger partial charge in [-0.1, -0.05) is 29.8 Å². The number of amides is 1. The molecule has 0 unspecified atom stereocenters. The molecule has 110 valence electrons. The number of hydrogen-bond donors (Lipinski definition) is 1. The van der Waals surface area contributed by atoms with E-state index < -0.39 is 0 Å². The van der Waals surface area contributed by atoms with Gasteiger partial charge in [0.25, 0.3) is 0 Å². The standard InChI is InChI=1S/C16H15N5O/c1-12-4-2-5-13(8-12)9-15(22)20-14-10-19-21(11-14)16-17-6-3-7-18-16/h2-8,10-11H,9H2,1H3,(H,20,22). The van der Waals surface area contributed by atoms with Crippen LogP contribution in [0.2, 0.25) is 0 Å². The maximum absolute atomic E-state index is 12.1. The lowest BCUT2D eigenvalue weighted by molar-refractivity contribution is -0.115. The second-order valence-corrected chi connectivity index (χ2v) is 4.94. The lowest BCUT2D eigenvalue weighted by atomic mass is 10.1. The highest BCUT2D eigenvalue weighted by Gasteiger charge is 2.07. The summed E-state index contributed by atoms with van der Waals surface area (Å²) in [6.45, 7) is 2.01. The van der Waals surface area contributed by atoms with E-state index in [2.05, 4.69) is 20.4 Å². The van der Waals surface area contributed by atoms with Gasteiger partial charge < -0.3 is 5.32 Å². The van der Waals surface area contributed by atoms with E-state index >= 15 is 0 Å². The molecule has 0 spiro atoms. The van der Waals surface area contributed by atoms with E-state index in [1.165, 1.54) is 4.68 Å². The summed E-state index contributed by atoms with van der Waals surface area (Å²) in [4.78, 5) is 20.3. The minimum absolute atomic E-state index is 0.0841. The topological polar surface area (TPSA) is 72.7 Å². The molecular weight excluding hydrogens is 278 g/mol. The van der Waals surface area contributed by atoms with E-state index in [4.69, 9.17) is 0 Å². The van der Waals surface area contributed by atoms with Crippen molar-refractivity contribution in [1.29, 1.82) is 0 Å². The summed E-state index contributed by atoms with van der Waals surface area (Å²) < 4.78 is 1.52. The molecule has 0 fully saturated rings. The molecule has 0 saturated carbocycles. The van der Waals surface area contributed by atoms with E-state index in [9.17, 15) is 4.79 Å². The summed E-state index contributed by atoms with van der Waals surface area (Å²) in [5.74, 6) is 0.376. The number of benzene rings is 1. The monoisotopic (exact) mass is 293 g/mol. The van der Waals surface area contributed by atoms with Gasteiger partial charge in [-0.25, -0.2) is 14.6 Å². The average molecular weight is 293 g/mol. The van der Waals surface area contributed by atoms with Gasteiger partial charge in [0.05, 0.1) is 24.5 Å². The molecule has 1 aromatic carbocycles. The Kier molecular flexibility index (Phi) is 3.91. The van der Waals surface area contributed by atoms with Crippen LogP contribution in [-0.2, 0) is 11.2 Å². The smallest absolute Gasteiger partial charge is 0.250 e. The fraction of sp³-hybridized carbons (Fsp3) is 0.125. The molecule has 0 aliphatic rings. The Bertz CT molecular complexity index is 782. The van der Waals surface area contributed by atoms with E-state index in [-0.39, 0.29) is 5.91 Å². The zero-order chi connectivity index (χ0) is 15.4. The minimum atomic E-state index is -0.0841. The van der Waals surface area contributed by atoms with Crippen molar-refractivity contribution in [3.63, 3.8) is 0 Å². The van der Waals surface area contributed by atoms with Gasteiger partial charge in [-0.05, 0) is 18.6 Å². The Morgan fingerprint density at radius 3 is 2.82 bits per heavy atom. The first-order chi connectivity index (χ1) is 10.7. The largest absolute Gasteiger partial charge is 0.323 e. The molecule has 0 atom stereocenters. The summed E-state index contributed by atoms with van der Waals surface area (Å²) in [6, 6.07) is 9.63. The fourth-order valence-corrected chi connectivity index (χ4v) is 2.12. The number of aromatic nitrogens is 4. The Labute approximate surface area is 127 Å². The minimum Gasteiger partial charge on any atom is -0.323 e. The third-order valence-corrected chi connectivity index (χ3v) is 3.07. The third kappa shape index (κ3) is 3.35.